The van der Waals surface area contributed by atoms with E-state index in [2.05, 4.69) is 0 Å². The van der Waals surface area contributed by atoms with Gasteiger partial charge >= 0.3 is 5.97 Å². The molecule has 1 atom stereocenters. The quantitative estimate of drug-likeness (QED) is 0.427. The molecule has 0 aliphatic heterocycles. The highest BCUT2D eigenvalue weighted by atomic mass is 16.4. The number of carboxylic acid groups (broad SMARTS) is 4. The molecule has 9 heteroatoms. The molecule has 0 radical (unpaired) electrons. The fourth-order valence-electron chi connectivity index (χ4n) is 0. The molecule has 108 valence electrons. The molecule has 0 spiro atoms. The van der Waals surface area contributed by atoms with Gasteiger partial charge in [-0.3, -0.25) is 19.2 Å². The van der Waals surface area contributed by atoms with Crippen molar-refractivity contribution in [3.05, 3.63) is 0 Å². The van der Waals surface area contributed by atoms with E-state index in [1.165, 1.54) is 6.92 Å². The van der Waals surface area contributed by atoms with E-state index in [1.54, 1.807) is 0 Å². The molecular formula is C9H19NO8. The van der Waals surface area contributed by atoms with Crippen LogP contribution in [-0.2, 0) is 19.2 Å². The van der Waals surface area contributed by atoms with Gasteiger partial charge in [0.2, 0.25) is 0 Å². The summed E-state index contributed by atoms with van der Waals surface area (Å²) in [7, 11) is 0. The molecule has 0 aliphatic rings. The highest BCUT2D eigenvalue weighted by molar-refractivity contribution is 5.72. The standard InChI is InChI=1S/C3H7NO2.3C2H4O2/c1-2(4)3(5)6;3*1-2(3)4/h2H,4H2,1H3,(H,5,6);3*1H3,(H,3,4). The van der Waals surface area contributed by atoms with Crippen LogP contribution in [-0.4, -0.2) is 50.3 Å². The minimum Gasteiger partial charge on any atom is -0.481 e. The first-order valence-corrected chi connectivity index (χ1v) is 4.41. The van der Waals surface area contributed by atoms with Crippen LogP contribution in [0.15, 0.2) is 0 Å². The third-order valence-corrected chi connectivity index (χ3v) is 0.390. The summed E-state index contributed by atoms with van der Waals surface area (Å²) < 4.78 is 0. The number of nitrogens with two attached hydrogens (primary N) is 1. The van der Waals surface area contributed by atoms with Crippen molar-refractivity contribution in [3.8, 4) is 0 Å². The zero-order valence-electron chi connectivity index (χ0n) is 10.6. The topological polar surface area (TPSA) is 175 Å². The van der Waals surface area contributed by atoms with Gasteiger partial charge in [0.1, 0.15) is 6.04 Å². The molecule has 0 bridgehead atoms. The molecule has 0 aromatic rings. The van der Waals surface area contributed by atoms with Gasteiger partial charge in [0.05, 0.1) is 0 Å². The predicted molar refractivity (Wildman–Crippen MR) is 61.2 cm³/mol. The molecule has 1 unspecified atom stereocenters. The minimum absolute atomic E-state index is 0.731. The van der Waals surface area contributed by atoms with Crippen LogP contribution in [0.3, 0.4) is 0 Å². The second kappa shape index (κ2) is 17.2. The van der Waals surface area contributed by atoms with Crippen LogP contribution in [0, 0.1) is 0 Å². The Kier molecular flexibility index (Phi) is 23.8. The van der Waals surface area contributed by atoms with Crippen molar-refractivity contribution >= 4 is 23.9 Å². The molecule has 0 saturated heterocycles. The van der Waals surface area contributed by atoms with Crippen LogP contribution in [0.2, 0.25) is 0 Å². The van der Waals surface area contributed by atoms with Crippen molar-refractivity contribution < 1.29 is 39.6 Å². The Bertz CT molecular complexity index is 221. The van der Waals surface area contributed by atoms with Gasteiger partial charge in [-0.1, -0.05) is 0 Å². The van der Waals surface area contributed by atoms with Crippen LogP contribution >= 0.6 is 0 Å². The van der Waals surface area contributed by atoms with Crippen molar-refractivity contribution in [2.45, 2.75) is 33.7 Å². The van der Waals surface area contributed by atoms with Gasteiger partial charge in [0.25, 0.3) is 17.9 Å². The van der Waals surface area contributed by atoms with Crippen LogP contribution < -0.4 is 5.73 Å². The van der Waals surface area contributed by atoms with E-state index in [4.69, 9.17) is 40.5 Å². The Labute approximate surface area is 104 Å². The van der Waals surface area contributed by atoms with Crippen LogP contribution in [0.4, 0.5) is 0 Å². The van der Waals surface area contributed by atoms with Crippen LogP contribution in [0.5, 0.6) is 0 Å². The van der Waals surface area contributed by atoms with Crippen molar-refractivity contribution in [3.63, 3.8) is 0 Å². The lowest BCUT2D eigenvalue weighted by atomic mass is 10.4. The Morgan fingerprint density at radius 3 is 0.833 bits per heavy atom. The molecule has 0 aromatic heterocycles. The molecule has 0 amide bonds. The molecule has 0 fully saturated rings. The first kappa shape index (κ1) is 24.9. The number of hydrogen-bond donors (Lipinski definition) is 5. The zero-order chi connectivity index (χ0) is 15.9. The summed E-state index contributed by atoms with van der Waals surface area (Å²) in [6.45, 7) is 4.67. The van der Waals surface area contributed by atoms with E-state index in [0.29, 0.717) is 0 Å². The van der Waals surface area contributed by atoms with E-state index in [9.17, 15) is 4.79 Å². The van der Waals surface area contributed by atoms with Crippen molar-refractivity contribution in [1.82, 2.24) is 0 Å². The average Bonchev–Trinajstić information content (AvgIpc) is 1.99. The lowest BCUT2D eigenvalue weighted by Gasteiger charge is -1.90. The summed E-state index contributed by atoms with van der Waals surface area (Å²) in [6.07, 6.45) is 0. The van der Waals surface area contributed by atoms with Crippen molar-refractivity contribution in [1.29, 1.82) is 0 Å². The summed E-state index contributed by atoms with van der Waals surface area (Å²) >= 11 is 0. The first-order valence-electron chi connectivity index (χ1n) is 4.41. The molecule has 0 aliphatic carbocycles. The number of carbonyl (C=O) groups is 4. The van der Waals surface area contributed by atoms with Gasteiger partial charge < -0.3 is 26.2 Å². The smallest absolute Gasteiger partial charge is 0.320 e. The van der Waals surface area contributed by atoms with Gasteiger partial charge in [0.15, 0.2) is 0 Å². The molecule has 0 heterocycles. The molecule has 18 heavy (non-hydrogen) atoms. The van der Waals surface area contributed by atoms with Crippen LogP contribution in [0.1, 0.15) is 27.7 Å². The number of hydrogen-bond acceptors (Lipinski definition) is 5. The fourth-order valence-corrected chi connectivity index (χ4v) is 0. The van der Waals surface area contributed by atoms with E-state index in [1.807, 2.05) is 0 Å². The monoisotopic (exact) mass is 269 g/mol. The molecule has 0 aromatic carbocycles. The van der Waals surface area contributed by atoms with Gasteiger partial charge in [-0.15, -0.1) is 0 Å². The number of aliphatic carboxylic acids is 4. The lowest BCUT2D eigenvalue weighted by molar-refractivity contribution is -0.138. The minimum atomic E-state index is -0.963. The second-order valence-electron chi connectivity index (χ2n) is 2.68. The highest BCUT2D eigenvalue weighted by Crippen LogP contribution is 1.68. The van der Waals surface area contributed by atoms with Gasteiger partial charge in [-0.25, -0.2) is 0 Å². The van der Waals surface area contributed by atoms with E-state index in [0.717, 1.165) is 20.8 Å². The maximum atomic E-state index is 9.57. The molecule has 0 rings (SSSR count). The number of carboxylic acids is 4. The third-order valence-electron chi connectivity index (χ3n) is 0.390. The molecular weight excluding hydrogens is 250 g/mol. The summed E-state index contributed by atoms with van der Waals surface area (Å²) in [5.74, 6) is -3.46. The SMILES string of the molecule is CC(=O)O.CC(=O)O.CC(=O)O.CC(N)C(=O)O. The summed E-state index contributed by atoms with van der Waals surface area (Å²) in [6, 6.07) is -0.731. The van der Waals surface area contributed by atoms with Gasteiger partial charge in [-0.05, 0) is 6.92 Å². The lowest BCUT2D eigenvalue weighted by Crippen LogP contribution is -2.25. The Balaban J connectivity index is -0.0000000742. The summed E-state index contributed by atoms with van der Waals surface area (Å²) in [5.41, 5.74) is 4.84. The molecule has 9 nitrogen and oxygen atoms in total. The van der Waals surface area contributed by atoms with E-state index < -0.39 is 29.9 Å². The number of rotatable bonds is 1. The Morgan fingerprint density at radius 2 is 0.833 bits per heavy atom. The molecule has 0 saturated carbocycles. The van der Waals surface area contributed by atoms with Gasteiger partial charge in [-0.2, -0.15) is 0 Å². The summed E-state index contributed by atoms with van der Waals surface area (Å²) in [5, 5.41) is 30.1. The second-order valence-corrected chi connectivity index (χ2v) is 2.68. The molecule has 6 N–H and O–H groups in total. The fraction of sp³-hybridized carbons (Fsp3) is 0.556. The third kappa shape index (κ3) is 674. The van der Waals surface area contributed by atoms with Crippen molar-refractivity contribution in [2.75, 3.05) is 0 Å². The predicted octanol–water partition coefficient (Wildman–Crippen LogP) is -0.309. The van der Waals surface area contributed by atoms with E-state index in [-0.39, 0.29) is 0 Å². The van der Waals surface area contributed by atoms with Crippen molar-refractivity contribution in [2.24, 2.45) is 5.73 Å². The zero-order valence-corrected chi connectivity index (χ0v) is 10.6. The Morgan fingerprint density at radius 1 is 0.778 bits per heavy atom. The van der Waals surface area contributed by atoms with Crippen LogP contribution in [0.25, 0.3) is 0 Å². The first-order chi connectivity index (χ1) is 7.84. The summed E-state index contributed by atoms with van der Waals surface area (Å²) in [4.78, 5) is 36.6. The average molecular weight is 269 g/mol. The van der Waals surface area contributed by atoms with E-state index >= 15 is 0 Å². The highest BCUT2D eigenvalue weighted by Gasteiger charge is 1.99. The van der Waals surface area contributed by atoms with Gasteiger partial charge in [0, 0.05) is 20.8 Å². The maximum absolute atomic E-state index is 9.57. The Hall–Kier alpha value is -2.16. The maximum Gasteiger partial charge on any atom is 0.320 e. The largest absolute Gasteiger partial charge is 0.481 e. The normalized spacial score (nSPS) is 8.72.